The standard InChI is InChI=1S/C21H24F3N3O6S/c1-31-16-10-14(11-20(28)33-3)18(12-17(16)32-2)34(29,30)27-8-6-26(7-9-27)19-5-4-15(13-25-19)21(22,23)24/h4-5,10,12-13H,6-9,11H2,1-3H3. The van der Waals surface area contributed by atoms with Crippen LogP contribution in [0, 0.1) is 0 Å². The molecule has 0 amide bonds. The predicted molar refractivity (Wildman–Crippen MR) is 115 cm³/mol. The maximum absolute atomic E-state index is 13.5. The molecule has 1 aromatic carbocycles. The van der Waals surface area contributed by atoms with Gasteiger partial charge in [0.1, 0.15) is 5.82 Å². The Balaban J connectivity index is 1.84. The molecular formula is C21H24F3N3O6S. The smallest absolute Gasteiger partial charge is 0.417 e. The number of alkyl halides is 3. The highest BCUT2D eigenvalue weighted by atomic mass is 32.2. The van der Waals surface area contributed by atoms with Crippen molar-refractivity contribution in [2.45, 2.75) is 17.5 Å². The summed E-state index contributed by atoms with van der Waals surface area (Å²) in [5.74, 6) is 0.144. The molecule has 0 N–H and O–H groups in total. The third-order valence-electron chi connectivity index (χ3n) is 5.38. The monoisotopic (exact) mass is 503 g/mol. The van der Waals surface area contributed by atoms with Gasteiger partial charge in [0, 0.05) is 38.4 Å². The predicted octanol–water partition coefficient (Wildman–Crippen LogP) is 2.34. The second-order valence-corrected chi connectivity index (χ2v) is 9.27. The number of hydrogen-bond acceptors (Lipinski definition) is 8. The quantitative estimate of drug-likeness (QED) is 0.531. The van der Waals surface area contributed by atoms with Crippen LogP contribution in [0.25, 0.3) is 0 Å². The van der Waals surface area contributed by atoms with Gasteiger partial charge < -0.3 is 19.1 Å². The number of nitrogens with zero attached hydrogens (tertiary/aromatic N) is 3. The molecular weight excluding hydrogens is 479 g/mol. The van der Waals surface area contributed by atoms with E-state index in [1.807, 2.05) is 0 Å². The van der Waals surface area contributed by atoms with Gasteiger partial charge in [-0.05, 0) is 23.8 Å². The van der Waals surface area contributed by atoms with Crippen molar-refractivity contribution in [1.29, 1.82) is 0 Å². The Kier molecular flexibility index (Phi) is 7.56. The third-order valence-corrected chi connectivity index (χ3v) is 7.37. The first-order chi connectivity index (χ1) is 16.0. The van der Waals surface area contributed by atoms with Crippen molar-refractivity contribution in [1.82, 2.24) is 9.29 Å². The Bertz CT molecular complexity index is 1130. The molecule has 1 aliphatic heterocycles. The summed E-state index contributed by atoms with van der Waals surface area (Å²) in [4.78, 5) is 17.3. The summed E-state index contributed by atoms with van der Waals surface area (Å²) >= 11 is 0. The number of carbonyl (C=O) groups excluding carboxylic acids is 1. The SMILES string of the molecule is COC(=O)Cc1cc(OC)c(OC)cc1S(=O)(=O)N1CCN(c2ccc(C(F)(F)F)cn2)CC1. The Morgan fingerprint density at radius 1 is 1.03 bits per heavy atom. The van der Waals surface area contributed by atoms with E-state index in [4.69, 9.17) is 9.47 Å². The van der Waals surface area contributed by atoms with Crippen molar-refractivity contribution >= 4 is 21.8 Å². The van der Waals surface area contributed by atoms with E-state index in [0.29, 0.717) is 5.82 Å². The van der Waals surface area contributed by atoms with Gasteiger partial charge in [-0.2, -0.15) is 17.5 Å². The summed E-state index contributed by atoms with van der Waals surface area (Å²) in [6.45, 7) is 0.572. The lowest BCUT2D eigenvalue weighted by Gasteiger charge is -2.35. The molecule has 0 saturated carbocycles. The Morgan fingerprint density at radius 3 is 2.15 bits per heavy atom. The van der Waals surface area contributed by atoms with Gasteiger partial charge in [-0.15, -0.1) is 0 Å². The molecule has 1 saturated heterocycles. The molecule has 9 nitrogen and oxygen atoms in total. The molecule has 34 heavy (non-hydrogen) atoms. The number of piperazine rings is 1. The summed E-state index contributed by atoms with van der Waals surface area (Å²) in [5.41, 5.74) is -0.666. The number of esters is 1. The number of pyridine rings is 1. The lowest BCUT2D eigenvalue weighted by atomic mass is 10.1. The number of halogens is 3. The summed E-state index contributed by atoms with van der Waals surface area (Å²) in [7, 11) is -0.0850. The van der Waals surface area contributed by atoms with E-state index in [1.54, 1.807) is 4.90 Å². The van der Waals surface area contributed by atoms with E-state index in [-0.39, 0.29) is 54.6 Å². The summed E-state index contributed by atoms with van der Waals surface area (Å²) in [6, 6.07) is 4.92. The molecule has 13 heteroatoms. The molecule has 1 aromatic heterocycles. The first kappa shape index (κ1) is 25.6. The minimum atomic E-state index is -4.49. The molecule has 0 spiro atoms. The van der Waals surface area contributed by atoms with E-state index in [2.05, 4.69) is 9.72 Å². The highest BCUT2D eigenvalue weighted by Crippen LogP contribution is 2.35. The van der Waals surface area contributed by atoms with Gasteiger partial charge in [-0.25, -0.2) is 13.4 Å². The minimum absolute atomic E-state index is 0.0665. The van der Waals surface area contributed by atoms with E-state index in [1.165, 1.54) is 43.8 Å². The van der Waals surface area contributed by atoms with Gasteiger partial charge in [-0.1, -0.05) is 0 Å². The summed E-state index contributed by atoms with van der Waals surface area (Å²) in [5, 5.41) is 0. The van der Waals surface area contributed by atoms with E-state index in [0.717, 1.165) is 12.3 Å². The number of aromatic nitrogens is 1. The molecule has 0 radical (unpaired) electrons. The number of rotatable bonds is 7. The molecule has 3 rings (SSSR count). The Labute approximate surface area is 195 Å². The fourth-order valence-corrected chi connectivity index (χ4v) is 5.19. The number of methoxy groups -OCH3 is 3. The number of benzene rings is 1. The van der Waals surface area contributed by atoms with Gasteiger partial charge in [0.05, 0.1) is 38.2 Å². The minimum Gasteiger partial charge on any atom is -0.493 e. The Morgan fingerprint density at radius 2 is 1.65 bits per heavy atom. The fraction of sp³-hybridized carbons (Fsp3) is 0.429. The largest absolute Gasteiger partial charge is 0.493 e. The highest BCUT2D eigenvalue weighted by molar-refractivity contribution is 7.89. The van der Waals surface area contributed by atoms with Crippen molar-refractivity contribution in [3.63, 3.8) is 0 Å². The van der Waals surface area contributed by atoms with Crippen LogP contribution in [0.3, 0.4) is 0 Å². The van der Waals surface area contributed by atoms with Crippen LogP contribution in [0.5, 0.6) is 11.5 Å². The molecule has 2 aromatic rings. The van der Waals surface area contributed by atoms with E-state index in [9.17, 15) is 26.4 Å². The van der Waals surface area contributed by atoms with Crippen LogP contribution in [-0.2, 0) is 32.2 Å². The molecule has 2 heterocycles. The second kappa shape index (κ2) is 10.1. The van der Waals surface area contributed by atoms with Crippen molar-refractivity contribution in [2.75, 3.05) is 52.4 Å². The van der Waals surface area contributed by atoms with Crippen molar-refractivity contribution < 1.29 is 40.6 Å². The first-order valence-electron chi connectivity index (χ1n) is 10.1. The van der Waals surface area contributed by atoms with Gasteiger partial charge in [0.25, 0.3) is 0 Å². The molecule has 0 aliphatic carbocycles. The second-order valence-electron chi connectivity index (χ2n) is 7.36. The van der Waals surface area contributed by atoms with Crippen molar-refractivity contribution in [3.8, 4) is 11.5 Å². The lowest BCUT2D eigenvalue weighted by Crippen LogP contribution is -2.49. The van der Waals surface area contributed by atoms with Crippen molar-refractivity contribution in [2.24, 2.45) is 0 Å². The third kappa shape index (κ3) is 5.36. The van der Waals surface area contributed by atoms with E-state index >= 15 is 0 Å². The first-order valence-corrected chi connectivity index (χ1v) is 11.5. The van der Waals surface area contributed by atoms with Crippen LogP contribution in [-0.4, -0.2) is 71.2 Å². The highest BCUT2D eigenvalue weighted by Gasteiger charge is 2.34. The molecule has 0 atom stereocenters. The zero-order valence-electron chi connectivity index (χ0n) is 18.8. The van der Waals surface area contributed by atoms with Crippen LogP contribution in [0.4, 0.5) is 19.0 Å². The van der Waals surface area contributed by atoms with E-state index < -0.39 is 27.7 Å². The zero-order valence-corrected chi connectivity index (χ0v) is 19.6. The van der Waals surface area contributed by atoms with Gasteiger partial charge in [0.15, 0.2) is 11.5 Å². The maximum Gasteiger partial charge on any atom is 0.417 e. The van der Waals surface area contributed by atoms with Crippen LogP contribution in [0.2, 0.25) is 0 Å². The van der Waals surface area contributed by atoms with Crippen molar-refractivity contribution in [3.05, 3.63) is 41.6 Å². The average Bonchev–Trinajstić information content (AvgIpc) is 2.83. The molecule has 1 fully saturated rings. The Hall–Kier alpha value is -3.06. The van der Waals surface area contributed by atoms with Gasteiger partial charge in [0.2, 0.25) is 10.0 Å². The number of carbonyl (C=O) groups is 1. The lowest BCUT2D eigenvalue weighted by molar-refractivity contribution is -0.140. The topological polar surface area (TPSA) is 98.3 Å². The number of ether oxygens (including phenoxy) is 3. The number of anilines is 1. The maximum atomic E-state index is 13.5. The molecule has 0 unspecified atom stereocenters. The molecule has 0 bridgehead atoms. The zero-order chi connectivity index (χ0) is 25.1. The number of sulfonamides is 1. The van der Waals surface area contributed by atoms with Crippen LogP contribution in [0.1, 0.15) is 11.1 Å². The fourth-order valence-electron chi connectivity index (χ4n) is 3.55. The number of hydrogen-bond donors (Lipinski definition) is 0. The average molecular weight is 503 g/mol. The van der Waals surface area contributed by atoms with Crippen LogP contribution < -0.4 is 14.4 Å². The molecule has 186 valence electrons. The van der Waals surface area contributed by atoms with Gasteiger partial charge in [-0.3, -0.25) is 4.79 Å². The van der Waals surface area contributed by atoms with Crippen LogP contribution in [0.15, 0.2) is 35.4 Å². The van der Waals surface area contributed by atoms with Gasteiger partial charge >= 0.3 is 12.1 Å². The van der Waals surface area contributed by atoms with Crippen LogP contribution >= 0.6 is 0 Å². The molecule has 1 aliphatic rings. The summed E-state index contributed by atoms with van der Waals surface area (Å²) in [6.07, 6.45) is -4.03. The summed E-state index contributed by atoms with van der Waals surface area (Å²) < 4.78 is 81.6. The normalized spacial score (nSPS) is 15.2.